The second kappa shape index (κ2) is 9.87. The number of nitrogens with one attached hydrogen (secondary N) is 1. The van der Waals surface area contributed by atoms with Gasteiger partial charge in [-0.25, -0.2) is 4.39 Å². The summed E-state index contributed by atoms with van der Waals surface area (Å²) in [5.74, 6) is 0.0844. The Bertz CT molecular complexity index is 872. The molecular weight excluding hydrogens is 393 g/mol. The van der Waals surface area contributed by atoms with Gasteiger partial charge < -0.3 is 14.8 Å². The molecule has 1 aromatic heterocycles. The van der Waals surface area contributed by atoms with E-state index in [0.717, 1.165) is 25.8 Å². The van der Waals surface area contributed by atoms with Crippen molar-refractivity contribution in [1.29, 1.82) is 0 Å². The highest BCUT2D eigenvalue weighted by molar-refractivity contribution is 8.00. The number of nitrogens with zero attached hydrogens (tertiary/aromatic N) is 4. The number of carbonyl (C=O) groups excluding carboxylic acids is 2. The van der Waals surface area contributed by atoms with E-state index < -0.39 is 11.1 Å². The molecular formula is C20H26FN5O2S. The molecule has 29 heavy (non-hydrogen) atoms. The van der Waals surface area contributed by atoms with E-state index in [0.29, 0.717) is 30.5 Å². The van der Waals surface area contributed by atoms with Crippen molar-refractivity contribution in [2.45, 2.75) is 63.0 Å². The molecule has 0 spiro atoms. The monoisotopic (exact) mass is 419 g/mol. The molecule has 2 amide bonds. The van der Waals surface area contributed by atoms with Crippen molar-refractivity contribution in [1.82, 2.24) is 19.7 Å². The Morgan fingerprint density at radius 2 is 2.07 bits per heavy atom. The molecule has 1 N–H and O–H groups in total. The number of halogens is 1. The van der Waals surface area contributed by atoms with Gasteiger partial charge in [0.1, 0.15) is 5.82 Å². The Labute approximate surface area is 174 Å². The van der Waals surface area contributed by atoms with Gasteiger partial charge in [-0.05, 0) is 38.8 Å². The van der Waals surface area contributed by atoms with Crippen molar-refractivity contribution < 1.29 is 14.0 Å². The summed E-state index contributed by atoms with van der Waals surface area (Å²) in [6, 6.07) is 6.07. The molecule has 1 aromatic carbocycles. The van der Waals surface area contributed by atoms with Gasteiger partial charge in [-0.2, -0.15) is 0 Å². The van der Waals surface area contributed by atoms with Crippen molar-refractivity contribution in [2.75, 3.05) is 11.9 Å². The molecule has 1 fully saturated rings. The molecule has 1 atom stereocenters. The number of carbonyl (C=O) groups is 2. The van der Waals surface area contributed by atoms with Crippen LogP contribution in [0.15, 0.2) is 29.4 Å². The highest BCUT2D eigenvalue weighted by atomic mass is 32.2. The van der Waals surface area contributed by atoms with Gasteiger partial charge in [0.2, 0.25) is 11.8 Å². The number of likely N-dealkylation sites (tertiary alicyclic amines) is 1. The first kappa shape index (κ1) is 21.3. The first-order valence-electron chi connectivity index (χ1n) is 9.91. The number of benzene rings is 1. The van der Waals surface area contributed by atoms with E-state index >= 15 is 0 Å². The van der Waals surface area contributed by atoms with E-state index in [2.05, 4.69) is 15.5 Å². The summed E-state index contributed by atoms with van der Waals surface area (Å²) in [6.45, 7) is 5.52. The van der Waals surface area contributed by atoms with Crippen LogP contribution in [0, 0.1) is 5.82 Å². The van der Waals surface area contributed by atoms with Crippen LogP contribution in [0.3, 0.4) is 0 Å². The van der Waals surface area contributed by atoms with E-state index in [-0.39, 0.29) is 17.5 Å². The van der Waals surface area contributed by atoms with Gasteiger partial charge in [0, 0.05) is 19.5 Å². The summed E-state index contributed by atoms with van der Waals surface area (Å²) in [5.41, 5.74) is 0.155. The second-order valence-corrected chi connectivity index (χ2v) is 8.31. The van der Waals surface area contributed by atoms with Crippen LogP contribution in [0.2, 0.25) is 0 Å². The number of thioether (sulfide) groups is 1. The number of aromatic nitrogens is 3. The number of hydrogen-bond donors (Lipinski definition) is 1. The Morgan fingerprint density at radius 3 is 2.83 bits per heavy atom. The third-order valence-electron chi connectivity index (χ3n) is 4.90. The van der Waals surface area contributed by atoms with Gasteiger partial charge in [-0.3, -0.25) is 9.59 Å². The molecule has 2 aromatic rings. The average molecular weight is 420 g/mol. The van der Waals surface area contributed by atoms with Crippen LogP contribution in [0.25, 0.3) is 0 Å². The van der Waals surface area contributed by atoms with Crippen LogP contribution in [0.5, 0.6) is 0 Å². The molecule has 0 unspecified atom stereocenters. The zero-order valence-corrected chi connectivity index (χ0v) is 17.5. The molecule has 156 valence electrons. The molecule has 7 nitrogen and oxygen atoms in total. The predicted molar refractivity (Wildman–Crippen MR) is 110 cm³/mol. The first-order valence-corrected chi connectivity index (χ1v) is 10.8. The van der Waals surface area contributed by atoms with Crippen molar-refractivity contribution in [2.24, 2.45) is 0 Å². The molecule has 2 heterocycles. The normalized spacial score (nSPS) is 15.8. The third kappa shape index (κ3) is 5.35. The molecule has 0 saturated carbocycles. The number of hydrogen-bond acceptors (Lipinski definition) is 5. The van der Waals surface area contributed by atoms with Crippen molar-refractivity contribution in [3.63, 3.8) is 0 Å². The predicted octanol–water partition coefficient (Wildman–Crippen LogP) is 3.46. The van der Waals surface area contributed by atoms with Crippen LogP contribution in [0.4, 0.5) is 10.1 Å². The largest absolute Gasteiger partial charge is 0.335 e. The fourth-order valence-electron chi connectivity index (χ4n) is 3.23. The Morgan fingerprint density at radius 1 is 1.28 bits per heavy atom. The maximum Gasteiger partial charge on any atom is 0.237 e. The summed E-state index contributed by atoms with van der Waals surface area (Å²) in [7, 11) is 0. The van der Waals surface area contributed by atoms with E-state index in [4.69, 9.17) is 0 Å². The summed E-state index contributed by atoms with van der Waals surface area (Å²) in [6.07, 6.45) is 3.58. The quantitative estimate of drug-likeness (QED) is 0.695. The topological polar surface area (TPSA) is 80.1 Å². The highest BCUT2D eigenvalue weighted by Crippen LogP contribution is 2.25. The summed E-state index contributed by atoms with van der Waals surface area (Å²) >= 11 is 1.27. The van der Waals surface area contributed by atoms with Gasteiger partial charge >= 0.3 is 0 Å². The lowest BCUT2D eigenvalue weighted by Gasteiger charge is -2.20. The summed E-state index contributed by atoms with van der Waals surface area (Å²) in [4.78, 5) is 26.6. The van der Waals surface area contributed by atoms with Crippen molar-refractivity contribution >= 4 is 29.3 Å². The van der Waals surface area contributed by atoms with Crippen molar-refractivity contribution in [3.05, 3.63) is 35.9 Å². The molecule has 1 saturated heterocycles. The molecule has 0 aliphatic carbocycles. The zero-order valence-electron chi connectivity index (χ0n) is 16.7. The lowest BCUT2D eigenvalue weighted by atomic mass is 10.2. The van der Waals surface area contributed by atoms with Gasteiger partial charge in [0.05, 0.1) is 17.5 Å². The fourth-order valence-corrected chi connectivity index (χ4v) is 4.16. The smallest absolute Gasteiger partial charge is 0.237 e. The van der Waals surface area contributed by atoms with Crippen LogP contribution in [-0.4, -0.2) is 43.3 Å². The minimum atomic E-state index is -0.489. The number of para-hydroxylation sites is 1. The number of anilines is 1. The molecule has 1 aliphatic heterocycles. The SMILES string of the molecule is CCn1c(CN2CCCCCC2=O)nnc1S[C@@H](C)C(=O)Nc1ccccc1F. The molecule has 1 aliphatic rings. The lowest BCUT2D eigenvalue weighted by Crippen LogP contribution is -2.31. The molecule has 0 bridgehead atoms. The number of rotatable bonds is 7. The number of amides is 2. The average Bonchev–Trinajstić information content (AvgIpc) is 2.96. The minimum Gasteiger partial charge on any atom is -0.335 e. The zero-order chi connectivity index (χ0) is 20.8. The fraction of sp³-hybridized carbons (Fsp3) is 0.500. The second-order valence-electron chi connectivity index (χ2n) is 7.00. The molecule has 9 heteroatoms. The lowest BCUT2D eigenvalue weighted by molar-refractivity contribution is -0.131. The van der Waals surface area contributed by atoms with E-state index in [1.165, 1.54) is 23.9 Å². The Kier molecular flexibility index (Phi) is 7.24. The van der Waals surface area contributed by atoms with Crippen LogP contribution < -0.4 is 5.32 Å². The van der Waals surface area contributed by atoms with Gasteiger partial charge in [-0.15, -0.1) is 10.2 Å². The van der Waals surface area contributed by atoms with Gasteiger partial charge in [-0.1, -0.05) is 30.3 Å². The van der Waals surface area contributed by atoms with E-state index in [9.17, 15) is 14.0 Å². The maximum absolute atomic E-state index is 13.8. The van der Waals surface area contributed by atoms with Gasteiger partial charge in [0.25, 0.3) is 0 Å². The standard InChI is InChI=1S/C20H26FN5O2S/c1-3-26-17(13-25-12-8-4-5-11-18(25)27)23-24-20(26)29-14(2)19(28)22-16-10-7-6-9-15(16)21/h6-7,9-10,14H,3-5,8,11-13H2,1-2H3,(H,22,28)/t14-/m0/s1. The van der Waals surface area contributed by atoms with Gasteiger partial charge in [0.15, 0.2) is 11.0 Å². The third-order valence-corrected chi connectivity index (χ3v) is 5.98. The van der Waals surface area contributed by atoms with E-state index in [1.54, 1.807) is 19.1 Å². The highest BCUT2D eigenvalue weighted by Gasteiger charge is 2.23. The van der Waals surface area contributed by atoms with Crippen LogP contribution in [0.1, 0.15) is 45.4 Å². The minimum absolute atomic E-state index is 0.153. The van der Waals surface area contributed by atoms with E-state index in [1.807, 2.05) is 16.4 Å². The van der Waals surface area contributed by atoms with Crippen LogP contribution >= 0.6 is 11.8 Å². The summed E-state index contributed by atoms with van der Waals surface area (Å²) < 4.78 is 15.7. The Balaban J connectivity index is 1.67. The molecule has 0 radical (unpaired) electrons. The van der Waals surface area contributed by atoms with Crippen LogP contribution in [-0.2, 0) is 22.7 Å². The summed E-state index contributed by atoms with van der Waals surface area (Å²) in [5, 5.41) is 11.2. The Hall–Kier alpha value is -2.42. The maximum atomic E-state index is 13.8. The first-order chi connectivity index (χ1) is 14.0. The molecule has 3 rings (SSSR count). The van der Waals surface area contributed by atoms with Crippen molar-refractivity contribution in [3.8, 4) is 0 Å².